The zero-order valence-electron chi connectivity index (χ0n) is 14.3. The van der Waals surface area contributed by atoms with Crippen LogP contribution in [0.3, 0.4) is 0 Å². The Morgan fingerprint density at radius 3 is 2.32 bits per heavy atom. The summed E-state index contributed by atoms with van der Waals surface area (Å²) in [5, 5.41) is 9.02. The van der Waals surface area contributed by atoms with Crippen molar-refractivity contribution in [2.75, 3.05) is 0 Å². The molecule has 3 aromatic rings. The second-order valence-electron chi connectivity index (χ2n) is 6.19. The average molecular weight is 329 g/mol. The lowest BCUT2D eigenvalue weighted by atomic mass is 9.97. The van der Waals surface area contributed by atoms with Crippen molar-refractivity contribution < 1.29 is 4.39 Å². The number of hydrogen-bond donors (Lipinski definition) is 0. The molecule has 0 N–H and O–H groups in total. The normalized spacial score (nSPS) is 10.4. The molecule has 0 aliphatic rings. The van der Waals surface area contributed by atoms with Crippen LogP contribution in [-0.4, -0.2) is 0 Å². The van der Waals surface area contributed by atoms with E-state index in [2.05, 4.69) is 13.0 Å². The molecule has 0 aliphatic heterocycles. The average Bonchev–Trinajstić information content (AvgIpc) is 2.66. The van der Waals surface area contributed by atoms with E-state index in [1.54, 1.807) is 12.1 Å². The van der Waals surface area contributed by atoms with E-state index in [1.165, 1.54) is 0 Å². The highest BCUT2D eigenvalue weighted by atomic mass is 19.1. The third kappa shape index (κ3) is 3.95. The third-order valence-electron chi connectivity index (χ3n) is 4.37. The Kier molecular flexibility index (Phi) is 5.26. The summed E-state index contributed by atoms with van der Waals surface area (Å²) < 4.78 is 14.4. The Labute approximate surface area is 148 Å². The van der Waals surface area contributed by atoms with Gasteiger partial charge in [-0.05, 0) is 53.3 Å². The number of hydrogen-bond acceptors (Lipinski definition) is 1. The summed E-state index contributed by atoms with van der Waals surface area (Å²) in [6.45, 7) is 2.14. The van der Waals surface area contributed by atoms with Crippen molar-refractivity contribution in [3.8, 4) is 28.3 Å². The van der Waals surface area contributed by atoms with E-state index in [0.717, 1.165) is 41.5 Å². The van der Waals surface area contributed by atoms with Gasteiger partial charge in [-0.15, -0.1) is 0 Å². The Balaban J connectivity index is 1.86. The molecule has 0 bridgehead atoms. The zero-order chi connectivity index (χ0) is 17.6. The molecule has 0 radical (unpaired) electrons. The first kappa shape index (κ1) is 16.9. The lowest BCUT2D eigenvalue weighted by Gasteiger charge is -2.08. The van der Waals surface area contributed by atoms with Gasteiger partial charge in [0.1, 0.15) is 5.82 Å². The number of unbranched alkanes of at least 4 members (excludes halogenated alkanes) is 1. The molecule has 0 atom stereocenters. The minimum Gasteiger partial charge on any atom is -0.206 e. The maximum atomic E-state index is 14.4. The van der Waals surface area contributed by atoms with Crippen molar-refractivity contribution in [1.82, 2.24) is 0 Å². The monoisotopic (exact) mass is 329 g/mol. The number of benzene rings is 3. The van der Waals surface area contributed by atoms with E-state index >= 15 is 0 Å². The SMILES string of the molecule is CCCCc1ccc(-c2ccc(-c3cccc(C#N)c3)cc2)c(F)c1. The quantitative estimate of drug-likeness (QED) is 0.533. The van der Waals surface area contributed by atoms with Crippen molar-refractivity contribution in [3.63, 3.8) is 0 Å². The largest absolute Gasteiger partial charge is 0.206 e. The number of aryl methyl sites for hydroxylation is 1. The maximum Gasteiger partial charge on any atom is 0.131 e. The van der Waals surface area contributed by atoms with Gasteiger partial charge in [0, 0.05) is 5.56 Å². The van der Waals surface area contributed by atoms with Gasteiger partial charge < -0.3 is 0 Å². The van der Waals surface area contributed by atoms with Crippen LogP contribution in [0.1, 0.15) is 30.9 Å². The van der Waals surface area contributed by atoms with Crippen molar-refractivity contribution in [2.45, 2.75) is 26.2 Å². The predicted octanol–water partition coefficient (Wildman–Crippen LogP) is 6.37. The van der Waals surface area contributed by atoms with E-state index in [1.807, 2.05) is 54.6 Å². The van der Waals surface area contributed by atoms with Gasteiger partial charge in [-0.3, -0.25) is 0 Å². The summed E-state index contributed by atoms with van der Waals surface area (Å²) in [5.41, 5.74) is 5.17. The van der Waals surface area contributed by atoms with Gasteiger partial charge in [0.15, 0.2) is 0 Å². The van der Waals surface area contributed by atoms with E-state index in [9.17, 15) is 4.39 Å². The van der Waals surface area contributed by atoms with Crippen LogP contribution in [0.5, 0.6) is 0 Å². The molecule has 0 saturated heterocycles. The van der Waals surface area contributed by atoms with Crippen molar-refractivity contribution in [2.24, 2.45) is 0 Å². The minimum absolute atomic E-state index is 0.173. The van der Waals surface area contributed by atoms with E-state index in [4.69, 9.17) is 5.26 Å². The Hall–Kier alpha value is -2.92. The van der Waals surface area contributed by atoms with Crippen molar-refractivity contribution >= 4 is 0 Å². The Morgan fingerprint density at radius 1 is 0.880 bits per heavy atom. The fourth-order valence-corrected chi connectivity index (χ4v) is 2.94. The van der Waals surface area contributed by atoms with Crippen LogP contribution in [0.15, 0.2) is 66.7 Å². The zero-order valence-corrected chi connectivity index (χ0v) is 14.3. The van der Waals surface area contributed by atoms with Gasteiger partial charge in [-0.25, -0.2) is 4.39 Å². The predicted molar refractivity (Wildman–Crippen MR) is 101 cm³/mol. The second-order valence-corrected chi connectivity index (χ2v) is 6.19. The van der Waals surface area contributed by atoms with Gasteiger partial charge >= 0.3 is 0 Å². The summed E-state index contributed by atoms with van der Waals surface area (Å²) in [5.74, 6) is -0.173. The molecule has 124 valence electrons. The molecule has 3 rings (SSSR count). The number of rotatable bonds is 5. The smallest absolute Gasteiger partial charge is 0.131 e. The lowest BCUT2D eigenvalue weighted by Crippen LogP contribution is -1.90. The molecule has 0 aromatic heterocycles. The number of nitriles is 1. The minimum atomic E-state index is -0.173. The molecule has 3 aromatic carbocycles. The summed E-state index contributed by atoms with van der Waals surface area (Å²) in [6, 6.07) is 23.0. The fourth-order valence-electron chi connectivity index (χ4n) is 2.94. The summed E-state index contributed by atoms with van der Waals surface area (Å²) >= 11 is 0. The van der Waals surface area contributed by atoms with Crippen LogP contribution in [0, 0.1) is 17.1 Å². The van der Waals surface area contributed by atoms with Crippen LogP contribution in [0.25, 0.3) is 22.3 Å². The first-order valence-corrected chi connectivity index (χ1v) is 8.60. The highest BCUT2D eigenvalue weighted by molar-refractivity contribution is 5.71. The van der Waals surface area contributed by atoms with Crippen molar-refractivity contribution in [3.05, 3.63) is 83.7 Å². The van der Waals surface area contributed by atoms with Gasteiger partial charge in [-0.1, -0.05) is 61.9 Å². The van der Waals surface area contributed by atoms with Crippen molar-refractivity contribution in [1.29, 1.82) is 5.26 Å². The molecule has 2 heteroatoms. The van der Waals surface area contributed by atoms with Crippen LogP contribution < -0.4 is 0 Å². The van der Waals surface area contributed by atoms with Crippen LogP contribution in [-0.2, 0) is 6.42 Å². The van der Waals surface area contributed by atoms with Gasteiger partial charge in [0.05, 0.1) is 11.6 Å². The first-order valence-electron chi connectivity index (χ1n) is 8.60. The summed E-state index contributed by atoms with van der Waals surface area (Å²) in [4.78, 5) is 0. The van der Waals surface area contributed by atoms with Crippen LogP contribution in [0.2, 0.25) is 0 Å². The summed E-state index contributed by atoms with van der Waals surface area (Å²) in [7, 11) is 0. The second kappa shape index (κ2) is 7.77. The maximum absolute atomic E-state index is 14.4. The number of nitrogens with zero attached hydrogens (tertiary/aromatic N) is 1. The molecule has 0 heterocycles. The molecule has 0 unspecified atom stereocenters. The molecule has 0 spiro atoms. The van der Waals surface area contributed by atoms with E-state index < -0.39 is 0 Å². The van der Waals surface area contributed by atoms with E-state index in [0.29, 0.717) is 11.1 Å². The van der Waals surface area contributed by atoms with Crippen LogP contribution >= 0.6 is 0 Å². The molecule has 0 saturated carbocycles. The number of halogens is 1. The summed E-state index contributed by atoms with van der Waals surface area (Å²) in [6.07, 6.45) is 3.11. The standard InChI is InChI=1S/C23H20FN/c1-2-3-5-17-8-13-22(23(24)15-17)20-11-9-19(10-12-20)21-7-4-6-18(14-21)16-25/h4,6-15H,2-3,5H2,1H3. The topological polar surface area (TPSA) is 23.8 Å². The molecule has 0 fully saturated rings. The molecule has 0 amide bonds. The highest BCUT2D eigenvalue weighted by Crippen LogP contribution is 2.28. The first-order chi connectivity index (χ1) is 12.2. The van der Waals surface area contributed by atoms with E-state index in [-0.39, 0.29) is 5.82 Å². The molecular weight excluding hydrogens is 309 g/mol. The van der Waals surface area contributed by atoms with Gasteiger partial charge in [0.25, 0.3) is 0 Å². The third-order valence-corrected chi connectivity index (χ3v) is 4.37. The Morgan fingerprint density at radius 2 is 1.64 bits per heavy atom. The highest BCUT2D eigenvalue weighted by Gasteiger charge is 2.07. The molecule has 1 nitrogen and oxygen atoms in total. The Bertz CT molecular complexity index is 904. The lowest BCUT2D eigenvalue weighted by molar-refractivity contribution is 0.627. The fraction of sp³-hybridized carbons (Fsp3) is 0.174. The van der Waals surface area contributed by atoms with Crippen LogP contribution in [0.4, 0.5) is 4.39 Å². The van der Waals surface area contributed by atoms with Gasteiger partial charge in [-0.2, -0.15) is 5.26 Å². The molecular formula is C23H20FN. The molecule has 25 heavy (non-hydrogen) atoms. The van der Waals surface area contributed by atoms with Gasteiger partial charge in [0.2, 0.25) is 0 Å². The molecule has 0 aliphatic carbocycles.